The van der Waals surface area contributed by atoms with Gasteiger partial charge in [0.15, 0.2) is 0 Å². The second-order valence-corrected chi connectivity index (χ2v) is 5.60. The number of aromatic nitrogens is 2. The average Bonchev–Trinajstić information content (AvgIpc) is 2.76. The van der Waals surface area contributed by atoms with Crippen LogP contribution in [-0.2, 0) is 19.9 Å². The highest BCUT2D eigenvalue weighted by molar-refractivity contribution is 5.58. The lowest BCUT2D eigenvalue weighted by Gasteiger charge is -2.20. The molecular formula is C16H21N3. The van der Waals surface area contributed by atoms with Gasteiger partial charge in [0.1, 0.15) is 5.82 Å². The van der Waals surface area contributed by atoms with Crippen LogP contribution in [0.4, 0.5) is 0 Å². The molecule has 1 aromatic heterocycles. The Kier molecular flexibility index (Phi) is 3.15. The van der Waals surface area contributed by atoms with Crippen LogP contribution >= 0.6 is 0 Å². The number of fused-ring (bicyclic) bond motifs is 1. The van der Waals surface area contributed by atoms with E-state index < -0.39 is 0 Å². The minimum Gasteiger partial charge on any atom is -0.331 e. The number of hydrogen-bond donors (Lipinski definition) is 1. The normalized spacial score (nSPS) is 18.4. The van der Waals surface area contributed by atoms with Crippen LogP contribution in [0, 0.1) is 12.8 Å². The number of aryl methyl sites for hydroxylation is 2. The molecule has 19 heavy (non-hydrogen) atoms. The largest absolute Gasteiger partial charge is 0.331 e. The summed E-state index contributed by atoms with van der Waals surface area (Å²) in [7, 11) is 2.13. The van der Waals surface area contributed by atoms with Gasteiger partial charge in [-0.2, -0.15) is 0 Å². The topological polar surface area (TPSA) is 43.8 Å². The van der Waals surface area contributed by atoms with E-state index in [-0.39, 0.29) is 0 Å². The summed E-state index contributed by atoms with van der Waals surface area (Å²) >= 11 is 0. The summed E-state index contributed by atoms with van der Waals surface area (Å²) in [5, 5.41) is 0. The maximum Gasteiger partial charge on any atom is 0.140 e. The molecule has 0 bridgehead atoms. The van der Waals surface area contributed by atoms with Crippen LogP contribution in [0.5, 0.6) is 0 Å². The van der Waals surface area contributed by atoms with Crippen LogP contribution in [-0.4, -0.2) is 16.1 Å². The van der Waals surface area contributed by atoms with Gasteiger partial charge in [-0.25, -0.2) is 4.98 Å². The third-order valence-electron chi connectivity index (χ3n) is 4.18. The van der Waals surface area contributed by atoms with Crippen LogP contribution in [0.3, 0.4) is 0 Å². The first-order valence-electron chi connectivity index (χ1n) is 7.00. The van der Waals surface area contributed by atoms with Gasteiger partial charge < -0.3 is 10.3 Å². The van der Waals surface area contributed by atoms with Gasteiger partial charge in [0.25, 0.3) is 0 Å². The van der Waals surface area contributed by atoms with Crippen molar-refractivity contribution in [3.05, 3.63) is 41.2 Å². The van der Waals surface area contributed by atoms with E-state index in [1.165, 1.54) is 28.9 Å². The molecule has 0 saturated heterocycles. The summed E-state index contributed by atoms with van der Waals surface area (Å²) in [4.78, 5) is 4.85. The number of imidazole rings is 1. The number of nitrogens with zero attached hydrogens (tertiary/aromatic N) is 2. The molecule has 100 valence electrons. The molecular weight excluding hydrogens is 234 g/mol. The molecule has 1 atom stereocenters. The smallest absolute Gasteiger partial charge is 0.140 e. The van der Waals surface area contributed by atoms with Gasteiger partial charge in [0, 0.05) is 18.3 Å². The summed E-state index contributed by atoms with van der Waals surface area (Å²) < 4.78 is 2.26. The first-order valence-corrected chi connectivity index (χ1v) is 7.00. The highest BCUT2D eigenvalue weighted by atomic mass is 15.1. The van der Waals surface area contributed by atoms with Gasteiger partial charge in [0.05, 0.1) is 5.69 Å². The van der Waals surface area contributed by atoms with Crippen molar-refractivity contribution in [2.75, 3.05) is 6.54 Å². The maximum absolute atomic E-state index is 5.82. The first kappa shape index (κ1) is 12.4. The van der Waals surface area contributed by atoms with E-state index in [9.17, 15) is 0 Å². The Morgan fingerprint density at radius 1 is 1.42 bits per heavy atom. The minimum absolute atomic E-state index is 0.619. The molecule has 1 unspecified atom stereocenters. The van der Waals surface area contributed by atoms with Gasteiger partial charge in [-0.1, -0.05) is 23.8 Å². The van der Waals surface area contributed by atoms with Crippen LogP contribution in [0.2, 0.25) is 0 Å². The van der Waals surface area contributed by atoms with E-state index in [0.717, 1.165) is 25.2 Å². The van der Waals surface area contributed by atoms with Crippen LogP contribution in [0.25, 0.3) is 11.4 Å². The summed E-state index contributed by atoms with van der Waals surface area (Å²) in [6.07, 6.45) is 3.31. The van der Waals surface area contributed by atoms with Gasteiger partial charge >= 0.3 is 0 Å². The van der Waals surface area contributed by atoms with E-state index >= 15 is 0 Å². The maximum atomic E-state index is 5.82. The molecule has 1 heterocycles. The molecule has 3 nitrogen and oxygen atoms in total. The second-order valence-electron chi connectivity index (χ2n) is 5.60. The standard InChI is InChI=1S/C16H21N3/c1-11-4-3-5-13(8-11)16-18-14-7-6-12(10-17)9-15(14)19(16)2/h3-5,8,12H,6-7,9-10,17H2,1-2H3. The predicted octanol–water partition coefficient (Wildman–Crippen LogP) is 2.46. The van der Waals surface area contributed by atoms with Gasteiger partial charge in [-0.15, -0.1) is 0 Å². The fraction of sp³-hybridized carbons (Fsp3) is 0.438. The van der Waals surface area contributed by atoms with Crippen LogP contribution < -0.4 is 5.73 Å². The minimum atomic E-state index is 0.619. The number of rotatable bonds is 2. The Morgan fingerprint density at radius 2 is 2.26 bits per heavy atom. The van der Waals surface area contributed by atoms with Crippen molar-refractivity contribution >= 4 is 0 Å². The molecule has 2 aromatic rings. The number of nitrogens with two attached hydrogens (primary N) is 1. The lowest BCUT2D eigenvalue weighted by Crippen LogP contribution is -2.23. The lowest BCUT2D eigenvalue weighted by molar-refractivity contribution is 0.453. The second kappa shape index (κ2) is 4.82. The zero-order valence-corrected chi connectivity index (χ0v) is 11.7. The SMILES string of the molecule is Cc1cccc(-c2nc3c(n2C)CC(CN)CC3)c1. The van der Waals surface area contributed by atoms with Crippen molar-refractivity contribution in [2.45, 2.75) is 26.2 Å². The quantitative estimate of drug-likeness (QED) is 0.896. The van der Waals surface area contributed by atoms with Crippen molar-refractivity contribution in [1.82, 2.24) is 9.55 Å². The highest BCUT2D eigenvalue weighted by Crippen LogP contribution is 2.29. The molecule has 0 amide bonds. The van der Waals surface area contributed by atoms with E-state index in [0.29, 0.717) is 5.92 Å². The van der Waals surface area contributed by atoms with E-state index in [1.807, 2.05) is 0 Å². The first-order chi connectivity index (χ1) is 9.19. The fourth-order valence-corrected chi connectivity index (χ4v) is 3.00. The van der Waals surface area contributed by atoms with Crippen LogP contribution in [0.1, 0.15) is 23.4 Å². The van der Waals surface area contributed by atoms with Gasteiger partial charge in [-0.3, -0.25) is 0 Å². The summed E-state index contributed by atoms with van der Waals surface area (Å²) in [5.41, 5.74) is 10.9. The molecule has 2 N–H and O–H groups in total. The molecule has 1 aliphatic rings. The number of benzene rings is 1. The van der Waals surface area contributed by atoms with E-state index in [4.69, 9.17) is 10.7 Å². The number of hydrogen-bond acceptors (Lipinski definition) is 2. The Labute approximate surface area is 114 Å². The Morgan fingerprint density at radius 3 is 3.00 bits per heavy atom. The molecule has 1 aromatic carbocycles. The van der Waals surface area contributed by atoms with E-state index in [1.54, 1.807) is 0 Å². The monoisotopic (exact) mass is 255 g/mol. The molecule has 1 aliphatic carbocycles. The van der Waals surface area contributed by atoms with Gasteiger partial charge in [-0.05, 0) is 44.7 Å². The zero-order valence-electron chi connectivity index (χ0n) is 11.7. The summed E-state index contributed by atoms with van der Waals surface area (Å²) in [5.74, 6) is 1.71. The lowest BCUT2D eigenvalue weighted by atomic mass is 9.90. The molecule has 0 fully saturated rings. The predicted molar refractivity (Wildman–Crippen MR) is 78.0 cm³/mol. The highest BCUT2D eigenvalue weighted by Gasteiger charge is 2.23. The zero-order chi connectivity index (χ0) is 13.4. The molecule has 0 radical (unpaired) electrons. The van der Waals surface area contributed by atoms with Crippen molar-refractivity contribution in [2.24, 2.45) is 18.7 Å². The fourth-order valence-electron chi connectivity index (χ4n) is 3.00. The van der Waals surface area contributed by atoms with E-state index in [2.05, 4.69) is 42.8 Å². The third kappa shape index (κ3) is 2.19. The van der Waals surface area contributed by atoms with Crippen molar-refractivity contribution < 1.29 is 0 Å². The third-order valence-corrected chi connectivity index (χ3v) is 4.18. The molecule has 0 saturated carbocycles. The van der Waals surface area contributed by atoms with Crippen LogP contribution in [0.15, 0.2) is 24.3 Å². The Hall–Kier alpha value is -1.61. The molecule has 3 heteroatoms. The summed E-state index contributed by atoms with van der Waals surface area (Å²) in [6.45, 7) is 2.90. The summed E-state index contributed by atoms with van der Waals surface area (Å²) in [6, 6.07) is 8.56. The Bertz CT molecular complexity index is 598. The van der Waals surface area contributed by atoms with Crippen molar-refractivity contribution in [1.29, 1.82) is 0 Å². The molecule has 0 spiro atoms. The van der Waals surface area contributed by atoms with Crippen molar-refractivity contribution in [3.63, 3.8) is 0 Å². The van der Waals surface area contributed by atoms with Gasteiger partial charge in [0.2, 0.25) is 0 Å². The molecule has 0 aliphatic heterocycles. The Balaban J connectivity index is 2.03. The molecule has 3 rings (SSSR count). The average molecular weight is 255 g/mol. The van der Waals surface area contributed by atoms with Crippen molar-refractivity contribution in [3.8, 4) is 11.4 Å².